The van der Waals surface area contributed by atoms with Crippen molar-refractivity contribution in [3.05, 3.63) is 30.7 Å². The zero-order valence-electron chi connectivity index (χ0n) is 12.1. The standard InChI is InChI=1S/C14H18N4O4/c1-2-8-22-14(21)18-5-3-4-17(6-7-18)12-10-15-11(9-16-12)13(19)20/h2,9-10H,1,3-8H2,(H,19,20). The van der Waals surface area contributed by atoms with Gasteiger partial charge in [-0.15, -0.1) is 0 Å². The highest BCUT2D eigenvalue weighted by atomic mass is 16.6. The molecule has 0 radical (unpaired) electrons. The van der Waals surface area contributed by atoms with Crippen molar-refractivity contribution in [3.8, 4) is 0 Å². The maximum Gasteiger partial charge on any atom is 0.410 e. The number of ether oxygens (including phenoxy) is 1. The second-order valence-electron chi connectivity index (χ2n) is 4.76. The highest BCUT2D eigenvalue weighted by Crippen LogP contribution is 2.13. The zero-order valence-corrected chi connectivity index (χ0v) is 12.1. The predicted molar refractivity (Wildman–Crippen MR) is 78.9 cm³/mol. The quantitative estimate of drug-likeness (QED) is 0.829. The van der Waals surface area contributed by atoms with E-state index < -0.39 is 5.97 Å². The SMILES string of the molecule is C=CCOC(=O)N1CCCN(c2cnc(C(=O)O)cn2)CC1. The molecule has 0 aliphatic carbocycles. The summed E-state index contributed by atoms with van der Waals surface area (Å²) in [6.45, 7) is 6.12. The average Bonchev–Trinajstić information content (AvgIpc) is 2.78. The summed E-state index contributed by atoms with van der Waals surface area (Å²) in [7, 11) is 0. The highest BCUT2D eigenvalue weighted by Gasteiger charge is 2.21. The van der Waals surface area contributed by atoms with Crippen LogP contribution >= 0.6 is 0 Å². The monoisotopic (exact) mass is 306 g/mol. The number of nitrogens with zero attached hydrogens (tertiary/aromatic N) is 4. The number of rotatable bonds is 4. The van der Waals surface area contributed by atoms with Gasteiger partial charge in [0.25, 0.3) is 0 Å². The van der Waals surface area contributed by atoms with Crippen LogP contribution in [0.3, 0.4) is 0 Å². The third-order valence-electron chi connectivity index (χ3n) is 3.26. The first-order valence-electron chi connectivity index (χ1n) is 6.94. The van der Waals surface area contributed by atoms with Crippen LogP contribution in [-0.2, 0) is 4.74 Å². The molecule has 2 heterocycles. The van der Waals surface area contributed by atoms with Gasteiger partial charge in [-0.25, -0.2) is 19.6 Å². The van der Waals surface area contributed by atoms with Crippen molar-refractivity contribution in [1.29, 1.82) is 0 Å². The highest BCUT2D eigenvalue weighted by molar-refractivity contribution is 5.84. The van der Waals surface area contributed by atoms with Gasteiger partial charge in [-0.2, -0.15) is 0 Å². The average molecular weight is 306 g/mol. The molecule has 2 rings (SSSR count). The molecule has 0 bridgehead atoms. The minimum absolute atomic E-state index is 0.0896. The van der Waals surface area contributed by atoms with Crippen molar-refractivity contribution >= 4 is 17.9 Å². The van der Waals surface area contributed by atoms with E-state index in [1.807, 2.05) is 4.90 Å². The summed E-state index contributed by atoms with van der Waals surface area (Å²) in [6.07, 6.45) is 4.62. The molecule has 0 atom stereocenters. The van der Waals surface area contributed by atoms with E-state index in [0.717, 1.165) is 6.42 Å². The van der Waals surface area contributed by atoms with Gasteiger partial charge in [0.2, 0.25) is 0 Å². The summed E-state index contributed by atoms with van der Waals surface area (Å²) in [5.74, 6) is -0.502. The van der Waals surface area contributed by atoms with E-state index in [-0.39, 0.29) is 18.4 Å². The maximum atomic E-state index is 11.8. The van der Waals surface area contributed by atoms with Gasteiger partial charge in [-0.1, -0.05) is 12.7 Å². The Morgan fingerprint density at radius 1 is 1.27 bits per heavy atom. The molecule has 1 saturated heterocycles. The molecule has 1 aromatic heterocycles. The summed E-state index contributed by atoms with van der Waals surface area (Å²) in [4.78, 5) is 34.2. The molecule has 118 valence electrons. The third kappa shape index (κ3) is 3.94. The zero-order chi connectivity index (χ0) is 15.9. The second kappa shape index (κ2) is 7.39. The molecule has 0 aromatic carbocycles. The van der Waals surface area contributed by atoms with Crippen LogP contribution in [-0.4, -0.2) is 64.8 Å². The fourth-order valence-electron chi connectivity index (χ4n) is 2.15. The van der Waals surface area contributed by atoms with E-state index in [1.165, 1.54) is 18.5 Å². The second-order valence-corrected chi connectivity index (χ2v) is 4.76. The summed E-state index contributed by atoms with van der Waals surface area (Å²) in [5, 5.41) is 8.82. The number of amides is 1. The topological polar surface area (TPSA) is 95.9 Å². The Morgan fingerprint density at radius 2 is 2.09 bits per heavy atom. The van der Waals surface area contributed by atoms with Crippen LogP contribution in [0.25, 0.3) is 0 Å². The van der Waals surface area contributed by atoms with E-state index in [9.17, 15) is 9.59 Å². The van der Waals surface area contributed by atoms with E-state index in [0.29, 0.717) is 32.0 Å². The summed E-state index contributed by atoms with van der Waals surface area (Å²) in [5.41, 5.74) is -0.0896. The number of aromatic carboxylic acids is 1. The fourth-order valence-corrected chi connectivity index (χ4v) is 2.15. The number of carbonyl (C=O) groups is 2. The Hall–Kier alpha value is -2.64. The van der Waals surface area contributed by atoms with Gasteiger partial charge in [-0.05, 0) is 6.42 Å². The number of carboxylic acid groups (broad SMARTS) is 1. The van der Waals surface area contributed by atoms with Crippen molar-refractivity contribution in [2.24, 2.45) is 0 Å². The van der Waals surface area contributed by atoms with Gasteiger partial charge in [0.15, 0.2) is 5.69 Å². The number of hydrogen-bond donors (Lipinski definition) is 1. The smallest absolute Gasteiger partial charge is 0.410 e. The van der Waals surface area contributed by atoms with Crippen LogP contribution in [0.15, 0.2) is 25.0 Å². The molecule has 8 heteroatoms. The molecular formula is C14H18N4O4. The van der Waals surface area contributed by atoms with Crippen molar-refractivity contribution in [2.75, 3.05) is 37.7 Å². The van der Waals surface area contributed by atoms with Gasteiger partial charge < -0.3 is 19.6 Å². The Balaban J connectivity index is 1.96. The molecule has 1 aliphatic rings. The summed E-state index contributed by atoms with van der Waals surface area (Å²) < 4.78 is 5.03. The Labute approximate surface area is 128 Å². The van der Waals surface area contributed by atoms with Crippen molar-refractivity contribution in [3.63, 3.8) is 0 Å². The third-order valence-corrected chi connectivity index (χ3v) is 3.26. The molecule has 8 nitrogen and oxygen atoms in total. The summed E-state index contributed by atoms with van der Waals surface area (Å²) >= 11 is 0. The van der Waals surface area contributed by atoms with Gasteiger partial charge in [0.1, 0.15) is 12.4 Å². The molecule has 1 fully saturated rings. The van der Waals surface area contributed by atoms with E-state index >= 15 is 0 Å². The molecule has 1 amide bonds. The van der Waals surface area contributed by atoms with Gasteiger partial charge in [0, 0.05) is 26.2 Å². The van der Waals surface area contributed by atoms with Crippen LogP contribution in [0.1, 0.15) is 16.9 Å². The fraction of sp³-hybridized carbons (Fsp3) is 0.429. The maximum absolute atomic E-state index is 11.8. The lowest BCUT2D eigenvalue weighted by Gasteiger charge is -2.22. The summed E-state index contributed by atoms with van der Waals surface area (Å²) in [6, 6.07) is 0. The number of anilines is 1. The molecule has 1 aromatic rings. The number of carboxylic acids is 1. The Morgan fingerprint density at radius 3 is 2.73 bits per heavy atom. The minimum Gasteiger partial charge on any atom is -0.476 e. The molecule has 0 saturated carbocycles. The largest absolute Gasteiger partial charge is 0.476 e. The molecule has 1 N–H and O–H groups in total. The van der Waals surface area contributed by atoms with Crippen molar-refractivity contribution in [2.45, 2.75) is 6.42 Å². The molecule has 22 heavy (non-hydrogen) atoms. The minimum atomic E-state index is -1.11. The van der Waals surface area contributed by atoms with Gasteiger partial charge >= 0.3 is 12.1 Å². The number of aromatic nitrogens is 2. The first-order chi connectivity index (χ1) is 10.6. The van der Waals surface area contributed by atoms with Crippen molar-refractivity contribution in [1.82, 2.24) is 14.9 Å². The molecule has 0 spiro atoms. The normalized spacial score (nSPS) is 15.1. The Bertz CT molecular complexity index is 546. The lowest BCUT2D eigenvalue weighted by molar-refractivity contribution is 0.0690. The van der Waals surface area contributed by atoms with Crippen LogP contribution in [0.2, 0.25) is 0 Å². The first kappa shape index (κ1) is 15.7. The van der Waals surface area contributed by atoms with Crippen molar-refractivity contribution < 1.29 is 19.4 Å². The first-order valence-corrected chi connectivity index (χ1v) is 6.94. The van der Waals surface area contributed by atoms with Gasteiger partial charge in [-0.3, -0.25) is 0 Å². The van der Waals surface area contributed by atoms with Crippen LogP contribution in [0.4, 0.5) is 10.6 Å². The van der Waals surface area contributed by atoms with E-state index in [1.54, 1.807) is 4.90 Å². The lowest BCUT2D eigenvalue weighted by atomic mass is 10.4. The lowest BCUT2D eigenvalue weighted by Crippen LogP contribution is -2.35. The number of carbonyl (C=O) groups excluding carboxylic acids is 1. The van der Waals surface area contributed by atoms with Crippen LogP contribution in [0, 0.1) is 0 Å². The van der Waals surface area contributed by atoms with E-state index in [2.05, 4.69) is 16.5 Å². The molecular weight excluding hydrogens is 288 g/mol. The van der Waals surface area contributed by atoms with Crippen LogP contribution < -0.4 is 4.90 Å². The number of hydrogen-bond acceptors (Lipinski definition) is 6. The van der Waals surface area contributed by atoms with E-state index in [4.69, 9.17) is 9.84 Å². The predicted octanol–water partition coefficient (Wildman–Crippen LogP) is 1.01. The van der Waals surface area contributed by atoms with Crippen LogP contribution in [0.5, 0.6) is 0 Å². The Kier molecular flexibility index (Phi) is 5.29. The molecule has 1 aliphatic heterocycles. The van der Waals surface area contributed by atoms with Gasteiger partial charge in [0.05, 0.1) is 12.4 Å². The molecule has 0 unspecified atom stereocenters.